The van der Waals surface area contributed by atoms with Gasteiger partial charge in [-0.1, -0.05) is 13.0 Å². The summed E-state index contributed by atoms with van der Waals surface area (Å²) in [5.41, 5.74) is 1.31. The van der Waals surface area contributed by atoms with E-state index >= 15 is 0 Å². The molecular weight excluding hydrogens is 334 g/mol. The first kappa shape index (κ1) is 19.7. The van der Waals surface area contributed by atoms with E-state index in [0.29, 0.717) is 17.3 Å². The van der Waals surface area contributed by atoms with Gasteiger partial charge in [-0.2, -0.15) is 0 Å². The van der Waals surface area contributed by atoms with Crippen LogP contribution in [0.1, 0.15) is 43.5 Å². The van der Waals surface area contributed by atoms with Crippen LogP contribution in [0.15, 0.2) is 24.3 Å². The molecule has 0 radical (unpaired) electrons. The Kier molecular flexibility index (Phi) is 8.15. The molecule has 5 nitrogen and oxygen atoms in total. The summed E-state index contributed by atoms with van der Waals surface area (Å²) >= 11 is 5.33. The summed E-state index contributed by atoms with van der Waals surface area (Å²) in [5, 5.41) is 6.93. The summed E-state index contributed by atoms with van der Waals surface area (Å²) in [6, 6.07) is 7.18. The second kappa shape index (κ2) is 10.4. The second-order valence-electron chi connectivity index (χ2n) is 6.58. The Bertz CT molecular complexity index is 580. The lowest BCUT2D eigenvalue weighted by Gasteiger charge is -2.30. The molecule has 1 aliphatic rings. The number of likely N-dealkylation sites (tertiary alicyclic amines) is 1. The van der Waals surface area contributed by atoms with E-state index in [4.69, 9.17) is 17.0 Å². The van der Waals surface area contributed by atoms with Crippen molar-refractivity contribution in [2.24, 2.45) is 5.92 Å². The van der Waals surface area contributed by atoms with Gasteiger partial charge in [0.25, 0.3) is 0 Å². The highest BCUT2D eigenvalue weighted by molar-refractivity contribution is 7.80. The van der Waals surface area contributed by atoms with Crippen LogP contribution < -0.4 is 10.6 Å². The first-order valence-electron chi connectivity index (χ1n) is 9.13. The van der Waals surface area contributed by atoms with E-state index < -0.39 is 0 Å². The molecule has 0 saturated carbocycles. The number of anilines is 1. The van der Waals surface area contributed by atoms with Crippen molar-refractivity contribution in [1.29, 1.82) is 0 Å². The zero-order chi connectivity index (χ0) is 18.1. The van der Waals surface area contributed by atoms with Crippen LogP contribution >= 0.6 is 12.2 Å². The van der Waals surface area contributed by atoms with Crippen LogP contribution in [-0.2, 0) is 4.74 Å². The normalized spacial score (nSPS) is 17.8. The largest absolute Gasteiger partial charge is 0.462 e. The Morgan fingerprint density at radius 1 is 1.44 bits per heavy atom. The third-order valence-electron chi connectivity index (χ3n) is 4.31. The summed E-state index contributed by atoms with van der Waals surface area (Å²) < 4.78 is 5.01. The van der Waals surface area contributed by atoms with Gasteiger partial charge in [0.1, 0.15) is 0 Å². The van der Waals surface area contributed by atoms with Gasteiger partial charge in [0, 0.05) is 18.8 Å². The fourth-order valence-corrected chi connectivity index (χ4v) is 3.33. The van der Waals surface area contributed by atoms with Crippen molar-refractivity contribution in [3.63, 3.8) is 0 Å². The number of benzene rings is 1. The van der Waals surface area contributed by atoms with Crippen LogP contribution in [0.2, 0.25) is 0 Å². The van der Waals surface area contributed by atoms with E-state index in [-0.39, 0.29) is 5.97 Å². The summed E-state index contributed by atoms with van der Waals surface area (Å²) in [6.07, 6.45) is 3.73. The number of carbonyl (C=O) groups is 1. The lowest BCUT2D eigenvalue weighted by molar-refractivity contribution is 0.0526. The average molecular weight is 364 g/mol. The van der Waals surface area contributed by atoms with Crippen molar-refractivity contribution in [2.75, 3.05) is 38.1 Å². The molecule has 138 valence electrons. The molecule has 0 amide bonds. The zero-order valence-electron chi connectivity index (χ0n) is 15.2. The number of hydrogen-bond acceptors (Lipinski definition) is 4. The molecule has 6 heteroatoms. The Morgan fingerprint density at radius 2 is 2.28 bits per heavy atom. The van der Waals surface area contributed by atoms with Gasteiger partial charge in [-0.25, -0.2) is 4.79 Å². The first-order valence-corrected chi connectivity index (χ1v) is 9.53. The van der Waals surface area contributed by atoms with E-state index in [9.17, 15) is 4.79 Å². The van der Waals surface area contributed by atoms with Crippen LogP contribution in [-0.4, -0.2) is 48.8 Å². The van der Waals surface area contributed by atoms with Crippen LogP contribution in [0, 0.1) is 5.92 Å². The van der Waals surface area contributed by atoms with E-state index in [1.807, 2.05) is 12.1 Å². The van der Waals surface area contributed by atoms with Crippen molar-refractivity contribution in [3.05, 3.63) is 29.8 Å². The molecule has 1 fully saturated rings. The predicted octanol–water partition coefficient (Wildman–Crippen LogP) is 3.27. The number of carbonyl (C=O) groups excluding carboxylic acids is 1. The minimum Gasteiger partial charge on any atom is -0.462 e. The van der Waals surface area contributed by atoms with Crippen LogP contribution in [0.5, 0.6) is 0 Å². The third-order valence-corrected chi connectivity index (χ3v) is 4.56. The number of rotatable bonds is 7. The molecule has 1 heterocycles. The molecule has 1 atom stereocenters. The summed E-state index contributed by atoms with van der Waals surface area (Å²) in [5.74, 6) is 0.497. The fraction of sp³-hybridized carbons (Fsp3) is 0.579. The van der Waals surface area contributed by atoms with Gasteiger partial charge in [-0.15, -0.1) is 0 Å². The van der Waals surface area contributed by atoms with Crippen molar-refractivity contribution in [3.8, 4) is 0 Å². The number of hydrogen-bond donors (Lipinski definition) is 2. The Labute approximate surface area is 156 Å². The number of piperidine rings is 1. The summed E-state index contributed by atoms with van der Waals surface area (Å²) in [6.45, 7) is 8.87. The minimum absolute atomic E-state index is 0.319. The van der Waals surface area contributed by atoms with Crippen LogP contribution in [0.25, 0.3) is 0 Å². The lowest BCUT2D eigenvalue weighted by atomic mass is 10.0. The summed E-state index contributed by atoms with van der Waals surface area (Å²) in [7, 11) is 0. The number of nitrogens with zero attached hydrogens (tertiary/aromatic N) is 1. The number of thiocarbonyl (C=S) groups is 1. The van der Waals surface area contributed by atoms with E-state index in [1.54, 1.807) is 19.1 Å². The second-order valence-corrected chi connectivity index (χ2v) is 6.99. The lowest BCUT2D eigenvalue weighted by Crippen LogP contribution is -2.37. The first-order chi connectivity index (χ1) is 12.1. The molecule has 0 aliphatic carbocycles. The average Bonchev–Trinajstić information content (AvgIpc) is 2.59. The SMILES string of the molecule is CCOC(=O)c1cccc(NC(=S)NCCCN2CCC[C@H](C)C2)c1. The number of esters is 1. The molecule has 0 aromatic heterocycles. The van der Waals surface area contributed by atoms with Gasteiger partial charge < -0.3 is 20.3 Å². The highest BCUT2D eigenvalue weighted by Gasteiger charge is 2.15. The van der Waals surface area contributed by atoms with Crippen molar-refractivity contribution in [2.45, 2.75) is 33.1 Å². The number of ether oxygens (including phenoxy) is 1. The zero-order valence-corrected chi connectivity index (χ0v) is 16.0. The minimum atomic E-state index is -0.319. The molecule has 0 spiro atoms. The Balaban J connectivity index is 1.69. The maximum atomic E-state index is 11.8. The third kappa shape index (κ3) is 7.00. The molecule has 1 saturated heterocycles. The Morgan fingerprint density at radius 3 is 3.04 bits per heavy atom. The molecule has 0 unspecified atom stereocenters. The standard InChI is InChI=1S/C19H29N3O2S/c1-3-24-18(23)16-8-4-9-17(13-16)21-19(25)20-10-6-12-22-11-5-7-15(2)14-22/h4,8-9,13,15H,3,5-7,10-12,14H2,1-2H3,(H2,20,21,25)/t15-/m0/s1. The number of nitrogens with one attached hydrogen (secondary N) is 2. The van der Waals surface area contributed by atoms with Gasteiger partial charge >= 0.3 is 5.97 Å². The van der Waals surface area contributed by atoms with Crippen molar-refractivity contribution >= 4 is 29.0 Å². The smallest absolute Gasteiger partial charge is 0.338 e. The van der Waals surface area contributed by atoms with E-state index in [1.165, 1.54) is 25.9 Å². The van der Waals surface area contributed by atoms with Gasteiger partial charge in [0.2, 0.25) is 0 Å². The monoisotopic (exact) mass is 363 g/mol. The molecule has 1 aliphatic heterocycles. The van der Waals surface area contributed by atoms with Gasteiger partial charge in [0.15, 0.2) is 5.11 Å². The van der Waals surface area contributed by atoms with Gasteiger partial charge in [-0.05, 0) is 75.6 Å². The van der Waals surface area contributed by atoms with Crippen molar-refractivity contribution in [1.82, 2.24) is 10.2 Å². The molecule has 2 rings (SSSR count). The topological polar surface area (TPSA) is 53.6 Å². The van der Waals surface area contributed by atoms with E-state index in [2.05, 4.69) is 22.5 Å². The van der Waals surface area contributed by atoms with Gasteiger partial charge in [-0.3, -0.25) is 0 Å². The maximum absolute atomic E-state index is 11.8. The molecular formula is C19H29N3O2S. The maximum Gasteiger partial charge on any atom is 0.338 e. The Hall–Kier alpha value is -1.66. The van der Waals surface area contributed by atoms with Crippen LogP contribution in [0.3, 0.4) is 0 Å². The van der Waals surface area contributed by atoms with Crippen LogP contribution in [0.4, 0.5) is 5.69 Å². The highest BCUT2D eigenvalue weighted by Crippen LogP contribution is 2.15. The molecule has 2 N–H and O–H groups in total. The highest BCUT2D eigenvalue weighted by atomic mass is 32.1. The molecule has 1 aromatic carbocycles. The molecule has 0 bridgehead atoms. The molecule has 25 heavy (non-hydrogen) atoms. The van der Waals surface area contributed by atoms with E-state index in [0.717, 1.165) is 31.1 Å². The van der Waals surface area contributed by atoms with Gasteiger partial charge in [0.05, 0.1) is 12.2 Å². The predicted molar refractivity (Wildman–Crippen MR) is 106 cm³/mol. The van der Waals surface area contributed by atoms with Crippen molar-refractivity contribution < 1.29 is 9.53 Å². The fourth-order valence-electron chi connectivity index (χ4n) is 3.11. The quantitative estimate of drug-likeness (QED) is 0.441. The molecule has 1 aromatic rings. The summed E-state index contributed by atoms with van der Waals surface area (Å²) in [4.78, 5) is 14.3.